The summed E-state index contributed by atoms with van der Waals surface area (Å²) in [4.78, 5) is 15.2. The molecular formula is C13H23N5O2. The van der Waals surface area contributed by atoms with Crippen LogP contribution in [-0.2, 0) is 4.74 Å². The van der Waals surface area contributed by atoms with Gasteiger partial charge in [0.15, 0.2) is 0 Å². The number of hydrogen-bond acceptors (Lipinski definition) is 7. The zero-order chi connectivity index (χ0) is 14.4. The molecule has 20 heavy (non-hydrogen) atoms. The molecule has 0 saturated carbocycles. The number of rotatable bonds is 5. The van der Waals surface area contributed by atoms with E-state index < -0.39 is 0 Å². The molecule has 1 saturated heterocycles. The molecule has 112 valence electrons. The third kappa shape index (κ3) is 3.93. The Bertz CT molecular complexity index is 429. The van der Waals surface area contributed by atoms with Crippen molar-refractivity contribution in [1.29, 1.82) is 0 Å². The van der Waals surface area contributed by atoms with E-state index >= 15 is 0 Å². The highest BCUT2D eigenvalue weighted by Gasteiger charge is 2.19. The second kappa shape index (κ2) is 7.23. The van der Waals surface area contributed by atoms with E-state index in [1.165, 1.54) is 0 Å². The van der Waals surface area contributed by atoms with Crippen molar-refractivity contribution >= 4 is 11.9 Å². The quantitative estimate of drug-likeness (QED) is 0.872. The molecule has 0 radical (unpaired) electrons. The highest BCUT2D eigenvalue weighted by atomic mass is 16.5. The molecule has 0 spiro atoms. The average Bonchev–Trinajstić information content (AvgIpc) is 2.69. The van der Waals surface area contributed by atoms with Crippen molar-refractivity contribution in [3.8, 4) is 6.01 Å². The number of ether oxygens (including phenoxy) is 2. The third-order valence-corrected chi connectivity index (χ3v) is 3.05. The minimum Gasteiger partial charge on any atom is -0.467 e. The number of methoxy groups -OCH3 is 1. The van der Waals surface area contributed by atoms with Crippen LogP contribution in [0.15, 0.2) is 0 Å². The molecule has 0 aromatic carbocycles. The first-order chi connectivity index (χ1) is 9.72. The van der Waals surface area contributed by atoms with Crippen LogP contribution < -0.4 is 15.0 Å². The molecule has 1 N–H and O–H groups in total. The van der Waals surface area contributed by atoms with Gasteiger partial charge in [-0.25, -0.2) is 0 Å². The molecule has 1 atom stereocenters. The van der Waals surface area contributed by atoms with Gasteiger partial charge < -0.3 is 19.7 Å². The van der Waals surface area contributed by atoms with Crippen molar-refractivity contribution in [3.05, 3.63) is 0 Å². The molecule has 0 bridgehead atoms. The van der Waals surface area contributed by atoms with Gasteiger partial charge in [-0.3, -0.25) is 0 Å². The van der Waals surface area contributed by atoms with Gasteiger partial charge in [0.1, 0.15) is 0 Å². The Morgan fingerprint density at radius 3 is 3.00 bits per heavy atom. The van der Waals surface area contributed by atoms with E-state index in [1.807, 2.05) is 0 Å². The van der Waals surface area contributed by atoms with E-state index in [2.05, 4.69) is 39.0 Å². The Balaban J connectivity index is 2.19. The number of anilines is 2. The molecule has 2 heterocycles. The van der Waals surface area contributed by atoms with Crippen LogP contribution in [0.25, 0.3) is 0 Å². The fourth-order valence-electron chi connectivity index (χ4n) is 2.07. The van der Waals surface area contributed by atoms with E-state index in [9.17, 15) is 0 Å². The average molecular weight is 281 g/mol. The van der Waals surface area contributed by atoms with Crippen LogP contribution >= 0.6 is 0 Å². The number of hydrogen-bond donors (Lipinski definition) is 1. The molecule has 1 aliphatic heterocycles. The summed E-state index contributed by atoms with van der Waals surface area (Å²) in [5.41, 5.74) is 0. The van der Waals surface area contributed by atoms with E-state index in [0.717, 1.165) is 39.1 Å². The lowest BCUT2D eigenvalue weighted by Crippen LogP contribution is -2.32. The first-order valence-corrected chi connectivity index (χ1v) is 7.13. The van der Waals surface area contributed by atoms with Crippen LogP contribution in [0.5, 0.6) is 6.01 Å². The fourth-order valence-corrected chi connectivity index (χ4v) is 2.07. The topological polar surface area (TPSA) is 72.4 Å². The lowest BCUT2D eigenvalue weighted by atomic mass is 10.3. The molecular weight excluding hydrogens is 258 g/mol. The van der Waals surface area contributed by atoms with E-state index in [1.54, 1.807) is 7.11 Å². The normalized spacial score (nSPS) is 19.6. The van der Waals surface area contributed by atoms with Crippen molar-refractivity contribution in [2.45, 2.75) is 32.8 Å². The van der Waals surface area contributed by atoms with E-state index in [0.29, 0.717) is 17.9 Å². The van der Waals surface area contributed by atoms with Crippen LogP contribution in [0.1, 0.15) is 26.7 Å². The van der Waals surface area contributed by atoms with Crippen molar-refractivity contribution in [2.24, 2.45) is 0 Å². The second-order valence-electron chi connectivity index (χ2n) is 4.85. The van der Waals surface area contributed by atoms with E-state index in [4.69, 9.17) is 9.47 Å². The van der Waals surface area contributed by atoms with Crippen LogP contribution in [0.4, 0.5) is 11.9 Å². The largest absolute Gasteiger partial charge is 0.467 e. The predicted octanol–water partition coefficient (Wildman–Crippen LogP) is 1.32. The van der Waals surface area contributed by atoms with Crippen molar-refractivity contribution in [2.75, 3.05) is 43.6 Å². The highest BCUT2D eigenvalue weighted by Crippen LogP contribution is 2.17. The Labute approximate surface area is 119 Å². The summed E-state index contributed by atoms with van der Waals surface area (Å²) < 4.78 is 10.8. The SMILES string of the molecule is CCCNc1nc(OC)nc(N2CCCOC(C)C2)n1. The Kier molecular flexibility index (Phi) is 5.34. The Morgan fingerprint density at radius 1 is 1.40 bits per heavy atom. The maximum absolute atomic E-state index is 5.65. The van der Waals surface area contributed by atoms with Crippen molar-refractivity contribution in [1.82, 2.24) is 15.0 Å². The van der Waals surface area contributed by atoms with Crippen LogP contribution in [-0.4, -0.2) is 54.4 Å². The summed E-state index contributed by atoms with van der Waals surface area (Å²) in [5, 5.41) is 3.18. The van der Waals surface area contributed by atoms with Gasteiger partial charge in [0.05, 0.1) is 13.2 Å². The predicted molar refractivity (Wildman–Crippen MR) is 77.4 cm³/mol. The van der Waals surface area contributed by atoms with Gasteiger partial charge in [-0.05, 0) is 19.8 Å². The van der Waals surface area contributed by atoms with Gasteiger partial charge in [-0.1, -0.05) is 6.92 Å². The molecule has 1 aromatic heterocycles. The number of aromatic nitrogens is 3. The molecule has 1 aromatic rings. The summed E-state index contributed by atoms with van der Waals surface area (Å²) in [6, 6.07) is 0.339. The van der Waals surface area contributed by atoms with Crippen LogP contribution in [0.3, 0.4) is 0 Å². The van der Waals surface area contributed by atoms with Crippen molar-refractivity contribution < 1.29 is 9.47 Å². The summed E-state index contributed by atoms with van der Waals surface area (Å²) in [5.74, 6) is 1.21. The Morgan fingerprint density at radius 2 is 2.25 bits per heavy atom. The van der Waals surface area contributed by atoms with Gasteiger partial charge in [0.2, 0.25) is 11.9 Å². The number of nitrogens with zero attached hydrogens (tertiary/aromatic N) is 4. The molecule has 1 aliphatic rings. The van der Waals surface area contributed by atoms with Gasteiger partial charge in [-0.2, -0.15) is 15.0 Å². The summed E-state index contributed by atoms with van der Waals surface area (Å²) in [6.07, 6.45) is 2.15. The number of nitrogens with one attached hydrogen (secondary N) is 1. The summed E-state index contributed by atoms with van der Waals surface area (Å²) >= 11 is 0. The maximum Gasteiger partial charge on any atom is 0.322 e. The third-order valence-electron chi connectivity index (χ3n) is 3.05. The minimum atomic E-state index is 0.173. The highest BCUT2D eigenvalue weighted by molar-refractivity contribution is 5.38. The molecule has 2 rings (SSSR count). The standard InChI is InChI=1S/C13H23N5O2/c1-4-6-14-11-15-12(17-13(16-11)19-3)18-7-5-8-20-10(2)9-18/h10H,4-9H2,1-3H3,(H,14,15,16,17). The lowest BCUT2D eigenvalue weighted by molar-refractivity contribution is 0.0820. The maximum atomic E-state index is 5.65. The second-order valence-corrected chi connectivity index (χ2v) is 4.85. The minimum absolute atomic E-state index is 0.173. The molecule has 0 amide bonds. The monoisotopic (exact) mass is 281 g/mol. The first kappa shape index (κ1) is 14.8. The van der Waals surface area contributed by atoms with Crippen LogP contribution in [0, 0.1) is 0 Å². The van der Waals surface area contributed by atoms with Gasteiger partial charge in [0, 0.05) is 26.2 Å². The Hall–Kier alpha value is -1.63. The zero-order valence-electron chi connectivity index (χ0n) is 12.4. The molecule has 7 nitrogen and oxygen atoms in total. The van der Waals surface area contributed by atoms with E-state index in [-0.39, 0.29) is 6.10 Å². The summed E-state index contributed by atoms with van der Waals surface area (Å²) in [7, 11) is 1.57. The van der Waals surface area contributed by atoms with Crippen LogP contribution in [0.2, 0.25) is 0 Å². The van der Waals surface area contributed by atoms with Crippen molar-refractivity contribution in [3.63, 3.8) is 0 Å². The molecule has 0 aliphatic carbocycles. The molecule has 1 fully saturated rings. The summed E-state index contributed by atoms with van der Waals surface area (Å²) in [6.45, 7) is 7.42. The van der Waals surface area contributed by atoms with Gasteiger partial charge in [-0.15, -0.1) is 0 Å². The van der Waals surface area contributed by atoms with Gasteiger partial charge >= 0.3 is 6.01 Å². The first-order valence-electron chi connectivity index (χ1n) is 7.13. The zero-order valence-corrected chi connectivity index (χ0v) is 12.4. The van der Waals surface area contributed by atoms with Gasteiger partial charge in [0.25, 0.3) is 0 Å². The smallest absolute Gasteiger partial charge is 0.322 e. The molecule has 7 heteroatoms. The molecule has 1 unspecified atom stereocenters. The fraction of sp³-hybridized carbons (Fsp3) is 0.769. The lowest BCUT2D eigenvalue weighted by Gasteiger charge is -2.22.